The highest BCUT2D eigenvalue weighted by molar-refractivity contribution is 5.02. The molecular formula is C20H35F. The fourth-order valence-electron chi connectivity index (χ4n) is 3.18. The summed E-state index contributed by atoms with van der Waals surface area (Å²) in [6, 6.07) is 0. The van der Waals surface area contributed by atoms with Crippen molar-refractivity contribution < 1.29 is 4.39 Å². The van der Waals surface area contributed by atoms with Crippen molar-refractivity contribution in [2.45, 2.75) is 59.8 Å². The van der Waals surface area contributed by atoms with Gasteiger partial charge in [-0.3, -0.25) is 0 Å². The average Bonchev–Trinajstić information content (AvgIpc) is 2.42. The Morgan fingerprint density at radius 3 is 2.38 bits per heavy atom. The van der Waals surface area contributed by atoms with E-state index in [9.17, 15) is 4.39 Å². The van der Waals surface area contributed by atoms with Crippen molar-refractivity contribution in [2.75, 3.05) is 6.67 Å². The van der Waals surface area contributed by atoms with Crippen LogP contribution in [0.15, 0.2) is 37.0 Å². The van der Waals surface area contributed by atoms with Crippen LogP contribution in [0.5, 0.6) is 0 Å². The van der Waals surface area contributed by atoms with E-state index in [0.29, 0.717) is 23.7 Å². The zero-order chi connectivity index (χ0) is 16.3. The van der Waals surface area contributed by atoms with Gasteiger partial charge in [0.2, 0.25) is 0 Å². The summed E-state index contributed by atoms with van der Waals surface area (Å²) in [5.41, 5.74) is 1.33. The van der Waals surface area contributed by atoms with Crippen LogP contribution in [0.4, 0.5) is 4.39 Å². The number of allylic oxidation sites excluding steroid dienone is 4. The summed E-state index contributed by atoms with van der Waals surface area (Å²) < 4.78 is 12.1. The second-order valence-electron chi connectivity index (χ2n) is 6.72. The van der Waals surface area contributed by atoms with E-state index in [1.165, 1.54) is 18.4 Å². The molecule has 0 aromatic heterocycles. The highest BCUT2D eigenvalue weighted by atomic mass is 19.1. The molecule has 0 aliphatic carbocycles. The van der Waals surface area contributed by atoms with Crippen LogP contribution in [-0.4, -0.2) is 6.67 Å². The maximum atomic E-state index is 12.1. The normalized spacial score (nSPS) is 17.4. The minimum absolute atomic E-state index is 0.359. The molecule has 0 radical (unpaired) electrons. The predicted octanol–water partition coefficient (Wildman–Crippen LogP) is 6.75. The lowest BCUT2D eigenvalue weighted by Gasteiger charge is -2.23. The smallest absolute Gasteiger partial charge is 0.108 e. The third-order valence-electron chi connectivity index (χ3n) is 4.27. The molecule has 1 heteroatoms. The lowest BCUT2D eigenvalue weighted by molar-refractivity contribution is 0.382. The number of hydrogen-bond donors (Lipinski definition) is 0. The van der Waals surface area contributed by atoms with Crippen molar-refractivity contribution in [1.29, 1.82) is 0 Å². The van der Waals surface area contributed by atoms with Crippen LogP contribution in [0.2, 0.25) is 0 Å². The summed E-state index contributed by atoms with van der Waals surface area (Å²) in [6.45, 7) is 16.9. The molecule has 0 nitrogen and oxygen atoms in total. The molecule has 0 aliphatic rings. The van der Waals surface area contributed by atoms with Gasteiger partial charge in [0.15, 0.2) is 0 Å². The molecule has 0 bridgehead atoms. The van der Waals surface area contributed by atoms with Crippen LogP contribution in [0, 0.1) is 23.7 Å². The molecule has 21 heavy (non-hydrogen) atoms. The van der Waals surface area contributed by atoms with E-state index in [0.717, 1.165) is 19.3 Å². The van der Waals surface area contributed by atoms with Crippen LogP contribution in [0.25, 0.3) is 0 Å². The van der Waals surface area contributed by atoms with Gasteiger partial charge in [0.25, 0.3) is 0 Å². The van der Waals surface area contributed by atoms with Crippen LogP contribution < -0.4 is 0 Å². The van der Waals surface area contributed by atoms with Crippen LogP contribution in [0.3, 0.4) is 0 Å². The first-order valence-corrected chi connectivity index (χ1v) is 8.46. The van der Waals surface area contributed by atoms with E-state index in [4.69, 9.17) is 0 Å². The molecule has 0 aliphatic heterocycles. The van der Waals surface area contributed by atoms with Crippen LogP contribution in [0.1, 0.15) is 59.8 Å². The molecule has 0 aromatic carbocycles. The Bertz CT molecular complexity index is 316. The molecule has 0 aromatic rings. The van der Waals surface area contributed by atoms with Gasteiger partial charge in [0.1, 0.15) is 6.67 Å². The third-order valence-corrected chi connectivity index (χ3v) is 4.27. The summed E-state index contributed by atoms with van der Waals surface area (Å²) in [7, 11) is 0. The number of alkyl halides is 1. The highest BCUT2D eigenvalue weighted by Gasteiger charge is 2.16. The predicted molar refractivity (Wildman–Crippen MR) is 94.2 cm³/mol. The lowest BCUT2D eigenvalue weighted by Crippen LogP contribution is -2.11. The van der Waals surface area contributed by atoms with Gasteiger partial charge in [-0.15, -0.1) is 6.58 Å². The van der Waals surface area contributed by atoms with Crippen molar-refractivity contribution in [3.8, 4) is 0 Å². The first-order valence-electron chi connectivity index (χ1n) is 8.46. The second-order valence-corrected chi connectivity index (χ2v) is 6.72. The van der Waals surface area contributed by atoms with Gasteiger partial charge in [-0.2, -0.15) is 0 Å². The summed E-state index contributed by atoms with van der Waals surface area (Å²) in [5, 5.41) is 0. The van der Waals surface area contributed by atoms with Gasteiger partial charge in [-0.25, -0.2) is 4.39 Å². The van der Waals surface area contributed by atoms with E-state index in [1.54, 1.807) is 6.08 Å². The Balaban J connectivity index is 4.22. The molecule has 122 valence electrons. The number of hydrogen-bond acceptors (Lipinski definition) is 0. The molecule has 0 fully saturated rings. The Kier molecular flexibility index (Phi) is 11.3. The summed E-state index contributed by atoms with van der Waals surface area (Å²) in [4.78, 5) is 0. The van der Waals surface area contributed by atoms with Gasteiger partial charge < -0.3 is 0 Å². The zero-order valence-electron chi connectivity index (χ0n) is 14.6. The highest BCUT2D eigenvalue weighted by Crippen LogP contribution is 2.28. The SMILES string of the molecule is C=CC(CC(=C)CC(C)CC(C)/C=C\CF)C(C)CCC. The van der Waals surface area contributed by atoms with Crippen molar-refractivity contribution in [1.82, 2.24) is 0 Å². The lowest BCUT2D eigenvalue weighted by atomic mass is 9.82. The number of rotatable bonds is 12. The Morgan fingerprint density at radius 1 is 1.19 bits per heavy atom. The number of halogens is 1. The first kappa shape index (κ1) is 20.1. The standard InChI is InChI=1S/C20H35F/c1-7-10-19(6)20(8-2)15-18(5)14-17(4)13-16(3)11-9-12-21/h8-9,11,16-17,19-20H,2,5,7,10,12-15H2,1,3-4,6H3/b11-9-. The average molecular weight is 294 g/mol. The van der Waals surface area contributed by atoms with Crippen molar-refractivity contribution in [3.63, 3.8) is 0 Å². The minimum Gasteiger partial charge on any atom is -0.247 e. The van der Waals surface area contributed by atoms with E-state index >= 15 is 0 Å². The Labute approximate surface area is 132 Å². The topological polar surface area (TPSA) is 0 Å². The minimum atomic E-state index is -0.359. The Hall–Kier alpha value is -0.850. The largest absolute Gasteiger partial charge is 0.247 e. The van der Waals surface area contributed by atoms with Gasteiger partial charge in [-0.05, 0) is 42.9 Å². The summed E-state index contributed by atoms with van der Waals surface area (Å²) >= 11 is 0. The molecule has 0 rings (SSSR count). The quantitative estimate of drug-likeness (QED) is 0.349. The molecule has 0 heterocycles. The maximum Gasteiger partial charge on any atom is 0.108 e. The molecule has 0 saturated heterocycles. The third kappa shape index (κ3) is 9.66. The van der Waals surface area contributed by atoms with Crippen molar-refractivity contribution in [2.24, 2.45) is 23.7 Å². The fraction of sp³-hybridized carbons (Fsp3) is 0.700. The maximum absolute atomic E-state index is 12.1. The Morgan fingerprint density at radius 2 is 1.86 bits per heavy atom. The molecule has 0 spiro atoms. The molecule has 0 saturated carbocycles. The van der Waals surface area contributed by atoms with Crippen molar-refractivity contribution >= 4 is 0 Å². The summed E-state index contributed by atoms with van der Waals surface area (Å²) in [6.07, 6.45) is 11.4. The van der Waals surface area contributed by atoms with Gasteiger partial charge in [-0.1, -0.05) is 70.9 Å². The molecular weight excluding hydrogens is 259 g/mol. The van der Waals surface area contributed by atoms with Crippen LogP contribution >= 0.6 is 0 Å². The molecule has 0 N–H and O–H groups in total. The molecule has 4 atom stereocenters. The van der Waals surface area contributed by atoms with E-state index in [1.807, 2.05) is 6.08 Å². The van der Waals surface area contributed by atoms with Crippen LogP contribution in [-0.2, 0) is 0 Å². The van der Waals surface area contributed by atoms with Gasteiger partial charge in [0.05, 0.1) is 0 Å². The molecule has 0 amide bonds. The van der Waals surface area contributed by atoms with Gasteiger partial charge in [0, 0.05) is 0 Å². The van der Waals surface area contributed by atoms with Gasteiger partial charge >= 0.3 is 0 Å². The first-order chi connectivity index (χ1) is 9.94. The van der Waals surface area contributed by atoms with E-state index in [-0.39, 0.29) is 6.67 Å². The molecule has 4 unspecified atom stereocenters. The van der Waals surface area contributed by atoms with E-state index in [2.05, 4.69) is 46.9 Å². The van der Waals surface area contributed by atoms with Crippen molar-refractivity contribution in [3.05, 3.63) is 37.0 Å². The summed E-state index contributed by atoms with van der Waals surface area (Å²) in [5.74, 6) is 2.28. The van der Waals surface area contributed by atoms with E-state index < -0.39 is 0 Å². The zero-order valence-corrected chi connectivity index (χ0v) is 14.6. The fourth-order valence-corrected chi connectivity index (χ4v) is 3.18. The monoisotopic (exact) mass is 294 g/mol. The second kappa shape index (κ2) is 11.8.